The van der Waals surface area contributed by atoms with Crippen LogP contribution in [0, 0.1) is 0 Å². The third-order valence-electron chi connectivity index (χ3n) is 3.29. The third kappa shape index (κ3) is 5.06. The zero-order valence-electron chi connectivity index (χ0n) is 14.3. The smallest absolute Gasteiger partial charge is 0.285 e. The summed E-state index contributed by atoms with van der Waals surface area (Å²) in [6.07, 6.45) is 4.01. The van der Waals surface area contributed by atoms with E-state index in [0.717, 1.165) is 27.5 Å². The Bertz CT molecular complexity index is 702. The molecule has 4 nitrogen and oxygen atoms in total. The maximum atomic E-state index is 11.7. The summed E-state index contributed by atoms with van der Waals surface area (Å²) in [6, 6.07) is 13.6. The minimum absolute atomic E-state index is 0.0155. The van der Waals surface area contributed by atoms with Gasteiger partial charge in [0.25, 0.3) is 5.24 Å². The van der Waals surface area contributed by atoms with E-state index in [4.69, 9.17) is 9.47 Å². The Hall–Kier alpha value is -2.40. The number of ether oxygens (including phenoxy) is 2. The third-order valence-corrected chi connectivity index (χ3v) is 4.34. The lowest BCUT2D eigenvalue weighted by molar-refractivity contribution is 0.241. The first kappa shape index (κ1) is 17.9. The Kier molecular flexibility index (Phi) is 6.32. The summed E-state index contributed by atoms with van der Waals surface area (Å²) in [5, 5.41) is 0.0155. The van der Waals surface area contributed by atoms with Gasteiger partial charge in [-0.05, 0) is 47.2 Å². The summed E-state index contributed by atoms with van der Waals surface area (Å²) < 4.78 is 10.5. The Morgan fingerprint density at radius 2 is 1.46 bits per heavy atom. The topological polar surface area (TPSA) is 38.8 Å². The van der Waals surface area contributed by atoms with Crippen LogP contribution in [0.1, 0.15) is 11.1 Å². The van der Waals surface area contributed by atoms with Gasteiger partial charge in [-0.3, -0.25) is 4.79 Å². The first-order valence-electron chi connectivity index (χ1n) is 7.42. The van der Waals surface area contributed by atoms with E-state index in [-0.39, 0.29) is 5.24 Å². The monoisotopic (exact) mass is 343 g/mol. The number of carbonyl (C=O) groups is 1. The summed E-state index contributed by atoms with van der Waals surface area (Å²) in [6.45, 7) is 0. The van der Waals surface area contributed by atoms with Crippen molar-refractivity contribution in [3.8, 4) is 11.5 Å². The fourth-order valence-corrected chi connectivity index (χ4v) is 2.61. The lowest BCUT2D eigenvalue weighted by Crippen LogP contribution is -2.15. The summed E-state index contributed by atoms with van der Waals surface area (Å²) in [4.78, 5) is 14.2. The van der Waals surface area contributed by atoms with Crippen molar-refractivity contribution in [3.63, 3.8) is 0 Å². The normalized spacial score (nSPS) is 10.7. The van der Waals surface area contributed by atoms with E-state index < -0.39 is 0 Å². The van der Waals surface area contributed by atoms with Crippen LogP contribution in [0.5, 0.6) is 11.5 Å². The molecule has 0 bridgehead atoms. The number of methoxy groups -OCH3 is 2. The van der Waals surface area contributed by atoms with Gasteiger partial charge in [-0.25, -0.2) is 0 Å². The number of benzene rings is 2. The lowest BCUT2D eigenvalue weighted by atomic mass is 10.1. The number of carbonyl (C=O) groups excluding carboxylic acids is 1. The molecule has 0 fully saturated rings. The molecular weight excluding hydrogens is 322 g/mol. The van der Waals surface area contributed by atoms with E-state index in [2.05, 4.69) is 0 Å². The van der Waals surface area contributed by atoms with Crippen molar-refractivity contribution < 1.29 is 14.3 Å². The fourth-order valence-electron chi connectivity index (χ4n) is 1.96. The average Bonchev–Trinajstić information content (AvgIpc) is 2.60. The van der Waals surface area contributed by atoms with Crippen molar-refractivity contribution in [1.29, 1.82) is 0 Å². The molecule has 0 saturated carbocycles. The van der Waals surface area contributed by atoms with E-state index in [0.29, 0.717) is 0 Å². The Morgan fingerprint density at radius 1 is 0.917 bits per heavy atom. The molecule has 2 rings (SSSR count). The molecule has 0 aliphatic heterocycles. The lowest BCUT2D eigenvalue weighted by Gasteiger charge is -2.09. The van der Waals surface area contributed by atoms with Crippen molar-refractivity contribution in [2.75, 3.05) is 28.3 Å². The molecule has 0 spiro atoms. The molecule has 2 aromatic rings. The van der Waals surface area contributed by atoms with Gasteiger partial charge < -0.3 is 14.4 Å². The highest BCUT2D eigenvalue weighted by atomic mass is 32.2. The van der Waals surface area contributed by atoms with Crippen LogP contribution in [-0.2, 0) is 0 Å². The van der Waals surface area contributed by atoms with Gasteiger partial charge >= 0.3 is 0 Å². The van der Waals surface area contributed by atoms with Crippen LogP contribution >= 0.6 is 11.8 Å². The van der Waals surface area contributed by atoms with E-state index in [9.17, 15) is 4.79 Å². The van der Waals surface area contributed by atoms with Gasteiger partial charge in [0.15, 0.2) is 0 Å². The molecule has 0 saturated heterocycles. The van der Waals surface area contributed by atoms with E-state index >= 15 is 0 Å². The zero-order chi connectivity index (χ0) is 17.5. The molecule has 5 heteroatoms. The highest BCUT2D eigenvalue weighted by molar-refractivity contribution is 8.13. The molecule has 126 valence electrons. The molecule has 24 heavy (non-hydrogen) atoms. The van der Waals surface area contributed by atoms with Gasteiger partial charge in [-0.2, -0.15) is 0 Å². The van der Waals surface area contributed by atoms with Crippen LogP contribution in [0.25, 0.3) is 12.2 Å². The summed E-state index contributed by atoms with van der Waals surface area (Å²) >= 11 is 1.21. The average molecular weight is 343 g/mol. The second-order valence-corrected chi connectivity index (χ2v) is 6.34. The first-order valence-corrected chi connectivity index (χ1v) is 8.24. The molecule has 0 aromatic heterocycles. The number of hydrogen-bond donors (Lipinski definition) is 0. The minimum atomic E-state index is 0.0155. The van der Waals surface area contributed by atoms with Gasteiger partial charge in [0, 0.05) is 25.1 Å². The van der Waals surface area contributed by atoms with Crippen molar-refractivity contribution in [3.05, 3.63) is 53.6 Å². The van der Waals surface area contributed by atoms with E-state index in [1.165, 1.54) is 11.8 Å². The molecule has 0 radical (unpaired) electrons. The highest BCUT2D eigenvalue weighted by Crippen LogP contribution is 2.25. The highest BCUT2D eigenvalue weighted by Gasteiger charge is 2.06. The van der Waals surface area contributed by atoms with E-state index in [1.54, 1.807) is 33.2 Å². The number of nitrogens with zero attached hydrogens (tertiary/aromatic N) is 1. The van der Waals surface area contributed by atoms with E-state index in [1.807, 2.05) is 54.6 Å². The minimum Gasteiger partial charge on any atom is -0.497 e. The van der Waals surface area contributed by atoms with Crippen molar-refractivity contribution >= 4 is 29.2 Å². The Morgan fingerprint density at radius 3 is 1.96 bits per heavy atom. The number of thioether (sulfide) groups is 1. The maximum Gasteiger partial charge on any atom is 0.285 e. The molecule has 1 amide bonds. The quantitative estimate of drug-likeness (QED) is 0.585. The second-order valence-electron chi connectivity index (χ2n) is 5.31. The number of amides is 1. The van der Waals surface area contributed by atoms with Gasteiger partial charge in [0.1, 0.15) is 11.5 Å². The van der Waals surface area contributed by atoms with Crippen LogP contribution < -0.4 is 9.47 Å². The van der Waals surface area contributed by atoms with Crippen LogP contribution in [0.4, 0.5) is 4.79 Å². The molecule has 0 atom stereocenters. The Balaban J connectivity index is 2.10. The predicted molar refractivity (Wildman–Crippen MR) is 99.9 cm³/mol. The maximum absolute atomic E-state index is 11.7. The van der Waals surface area contributed by atoms with Gasteiger partial charge in [-0.15, -0.1) is 0 Å². The summed E-state index contributed by atoms with van der Waals surface area (Å²) in [5.41, 5.74) is 2.05. The van der Waals surface area contributed by atoms with Gasteiger partial charge in [-0.1, -0.05) is 24.3 Å². The van der Waals surface area contributed by atoms with Crippen LogP contribution in [0.15, 0.2) is 47.4 Å². The van der Waals surface area contributed by atoms with Crippen molar-refractivity contribution in [2.24, 2.45) is 0 Å². The predicted octanol–water partition coefficient (Wildman–Crippen LogP) is 4.65. The van der Waals surface area contributed by atoms with Crippen molar-refractivity contribution in [1.82, 2.24) is 4.90 Å². The SMILES string of the molecule is COc1cc(C=Cc2ccc(SC(=O)N(C)C)cc2)cc(OC)c1. The van der Waals surface area contributed by atoms with Gasteiger partial charge in [0.2, 0.25) is 0 Å². The summed E-state index contributed by atoms with van der Waals surface area (Å²) in [5.74, 6) is 1.51. The zero-order valence-corrected chi connectivity index (χ0v) is 15.1. The number of rotatable bonds is 5. The van der Waals surface area contributed by atoms with Gasteiger partial charge in [0.05, 0.1) is 14.2 Å². The van der Waals surface area contributed by atoms with Crippen LogP contribution in [-0.4, -0.2) is 38.5 Å². The standard InChI is InChI=1S/C19H21NO3S/c1-20(2)19(21)24-18-9-7-14(8-10-18)5-6-15-11-16(22-3)13-17(12-15)23-4/h5-13H,1-4H3. The summed E-state index contributed by atoms with van der Waals surface area (Å²) in [7, 11) is 6.76. The first-order chi connectivity index (χ1) is 11.5. The molecule has 2 aromatic carbocycles. The molecule has 0 unspecified atom stereocenters. The largest absolute Gasteiger partial charge is 0.497 e. The molecular formula is C19H21NO3S. The molecule has 0 aliphatic rings. The van der Waals surface area contributed by atoms with Crippen LogP contribution in [0.3, 0.4) is 0 Å². The molecule has 0 N–H and O–H groups in total. The molecule has 0 heterocycles. The Labute approximate surface area is 147 Å². The number of hydrogen-bond acceptors (Lipinski definition) is 4. The molecule has 0 aliphatic carbocycles. The second kappa shape index (κ2) is 8.45. The fraction of sp³-hybridized carbons (Fsp3) is 0.211. The van der Waals surface area contributed by atoms with Crippen molar-refractivity contribution in [2.45, 2.75) is 4.90 Å². The van der Waals surface area contributed by atoms with Crippen LogP contribution in [0.2, 0.25) is 0 Å².